The molecule has 0 heterocycles. The Balaban J connectivity index is 1.83. The summed E-state index contributed by atoms with van der Waals surface area (Å²) in [5.74, 6) is 0.230. The van der Waals surface area contributed by atoms with Crippen molar-refractivity contribution in [3.63, 3.8) is 0 Å². The molecule has 2 aromatic rings. The second-order valence-electron chi connectivity index (χ2n) is 4.89. The third-order valence-electron chi connectivity index (χ3n) is 3.14. The van der Waals surface area contributed by atoms with Crippen molar-refractivity contribution in [2.75, 3.05) is 12.3 Å². The molecule has 0 spiro atoms. The molecule has 0 aliphatic carbocycles. The molecule has 0 aromatic heterocycles. The van der Waals surface area contributed by atoms with Crippen LogP contribution in [0.4, 0.5) is 0 Å². The summed E-state index contributed by atoms with van der Waals surface area (Å²) in [6.45, 7) is 2.27. The topological polar surface area (TPSA) is 55.4 Å². The van der Waals surface area contributed by atoms with Crippen LogP contribution in [0.25, 0.3) is 0 Å². The van der Waals surface area contributed by atoms with Crippen LogP contribution in [-0.2, 0) is 10.1 Å². The van der Waals surface area contributed by atoms with Crippen molar-refractivity contribution in [1.29, 1.82) is 0 Å². The number of hydrogen-bond donors (Lipinski definition) is 1. The predicted octanol–water partition coefficient (Wildman–Crippen LogP) is 3.40. The zero-order valence-corrected chi connectivity index (χ0v) is 13.8. The van der Waals surface area contributed by atoms with E-state index in [4.69, 9.17) is 15.8 Å². The lowest BCUT2D eigenvalue weighted by Crippen LogP contribution is -2.27. The Morgan fingerprint density at radius 1 is 1.09 bits per heavy atom. The van der Waals surface area contributed by atoms with Crippen molar-refractivity contribution in [2.24, 2.45) is 0 Å². The lowest BCUT2D eigenvalue weighted by molar-refractivity contribution is 0.480. The average molecular weight is 340 g/mol. The van der Waals surface area contributed by atoms with Gasteiger partial charge in [0.05, 0.1) is 5.75 Å². The zero-order valence-electron chi connectivity index (χ0n) is 12.2. The highest BCUT2D eigenvalue weighted by Crippen LogP contribution is 2.16. The van der Waals surface area contributed by atoms with Crippen LogP contribution in [0.2, 0.25) is 5.02 Å². The van der Waals surface area contributed by atoms with Crippen LogP contribution >= 0.6 is 11.6 Å². The van der Waals surface area contributed by atoms with Gasteiger partial charge in [-0.15, -0.1) is 0 Å². The van der Waals surface area contributed by atoms with Gasteiger partial charge in [0.2, 0.25) is 0 Å². The third-order valence-corrected chi connectivity index (χ3v) is 4.54. The molecular weight excluding hydrogens is 322 g/mol. The predicted molar refractivity (Wildman–Crippen MR) is 88.7 cm³/mol. The van der Waals surface area contributed by atoms with Gasteiger partial charge in [0.15, 0.2) is 0 Å². The largest absolute Gasteiger partial charge is 0.382 e. The summed E-state index contributed by atoms with van der Waals surface area (Å²) in [6.07, 6.45) is 0. The first-order valence-corrected chi connectivity index (χ1v) is 8.88. The first kappa shape index (κ1) is 16.8. The van der Waals surface area contributed by atoms with E-state index in [1.165, 1.54) is 0 Å². The number of hydrogen-bond acceptors (Lipinski definition) is 4. The Bertz CT molecular complexity index is 687. The van der Waals surface area contributed by atoms with E-state index >= 15 is 0 Å². The molecule has 0 amide bonds. The maximum absolute atomic E-state index is 11.9. The summed E-state index contributed by atoms with van der Waals surface area (Å²) in [4.78, 5) is 0. The van der Waals surface area contributed by atoms with Crippen molar-refractivity contribution in [3.05, 3.63) is 65.2 Å². The van der Waals surface area contributed by atoms with Crippen LogP contribution in [0.5, 0.6) is 5.75 Å². The number of para-hydroxylation sites is 1. The van der Waals surface area contributed by atoms with Crippen molar-refractivity contribution in [1.82, 2.24) is 5.32 Å². The molecule has 1 unspecified atom stereocenters. The van der Waals surface area contributed by atoms with Crippen molar-refractivity contribution in [3.8, 4) is 5.75 Å². The van der Waals surface area contributed by atoms with E-state index in [1.807, 2.05) is 31.2 Å². The molecule has 0 radical (unpaired) electrons. The van der Waals surface area contributed by atoms with Gasteiger partial charge in [0.25, 0.3) is 0 Å². The molecule has 0 fully saturated rings. The van der Waals surface area contributed by atoms with Gasteiger partial charge in [-0.25, -0.2) is 0 Å². The monoisotopic (exact) mass is 339 g/mol. The van der Waals surface area contributed by atoms with Crippen molar-refractivity contribution >= 4 is 21.7 Å². The molecule has 0 saturated heterocycles. The quantitative estimate of drug-likeness (QED) is 0.785. The van der Waals surface area contributed by atoms with Crippen LogP contribution in [-0.4, -0.2) is 20.7 Å². The fourth-order valence-electron chi connectivity index (χ4n) is 1.93. The molecule has 118 valence electrons. The first-order valence-electron chi connectivity index (χ1n) is 6.92. The number of halogens is 1. The van der Waals surface area contributed by atoms with E-state index in [2.05, 4.69) is 5.32 Å². The Hall–Kier alpha value is -1.56. The molecule has 2 aromatic carbocycles. The third kappa shape index (κ3) is 5.33. The Morgan fingerprint density at radius 3 is 2.36 bits per heavy atom. The van der Waals surface area contributed by atoms with Crippen molar-refractivity contribution < 1.29 is 12.6 Å². The molecule has 0 aliphatic heterocycles. The van der Waals surface area contributed by atoms with E-state index in [9.17, 15) is 8.42 Å². The normalized spacial score (nSPS) is 12.8. The van der Waals surface area contributed by atoms with Crippen LogP contribution in [0, 0.1) is 0 Å². The standard InChI is InChI=1S/C16H18ClNO3S/c1-13(14-7-9-15(17)10-8-14)18-11-12-22(19,20)21-16-5-3-2-4-6-16/h2-10,13,18H,11-12H2,1H3. The summed E-state index contributed by atoms with van der Waals surface area (Å²) < 4.78 is 28.8. The molecule has 4 nitrogen and oxygen atoms in total. The van der Waals surface area contributed by atoms with E-state index in [0.29, 0.717) is 17.3 Å². The minimum Gasteiger partial charge on any atom is -0.382 e. The van der Waals surface area contributed by atoms with E-state index in [-0.39, 0.29) is 11.8 Å². The fourth-order valence-corrected chi connectivity index (χ4v) is 2.92. The van der Waals surface area contributed by atoms with Crippen LogP contribution in [0.3, 0.4) is 0 Å². The van der Waals surface area contributed by atoms with Gasteiger partial charge in [-0.2, -0.15) is 8.42 Å². The summed E-state index contributed by atoms with van der Waals surface area (Å²) in [5, 5.41) is 3.83. The SMILES string of the molecule is CC(NCCS(=O)(=O)Oc1ccccc1)c1ccc(Cl)cc1. The van der Waals surface area contributed by atoms with Crippen LogP contribution in [0.1, 0.15) is 18.5 Å². The molecule has 0 bridgehead atoms. The number of benzene rings is 2. The molecule has 0 saturated carbocycles. The van der Waals surface area contributed by atoms with Gasteiger partial charge in [0, 0.05) is 17.6 Å². The Kier molecular flexibility index (Phi) is 5.83. The number of nitrogens with one attached hydrogen (secondary N) is 1. The second-order valence-corrected chi connectivity index (χ2v) is 7.01. The van der Waals surface area contributed by atoms with Crippen LogP contribution < -0.4 is 9.50 Å². The zero-order chi connectivity index (χ0) is 16.0. The molecule has 6 heteroatoms. The van der Waals surface area contributed by atoms with Gasteiger partial charge in [-0.05, 0) is 36.8 Å². The molecule has 2 rings (SSSR count). The Labute approximate surface area is 136 Å². The summed E-state index contributed by atoms with van der Waals surface area (Å²) in [5.41, 5.74) is 1.05. The highest BCUT2D eigenvalue weighted by atomic mass is 35.5. The molecule has 1 atom stereocenters. The minimum absolute atomic E-state index is 0.0317. The minimum atomic E-state index is -3.60. The van der Waals surface area contributed by atoms with Gasteiger partial charge in [-0.3, -0.25) is 0 Å². The van der Waals surface area contributed by atoms with Gasteiger partial charge in [-0.1, -0.05) is 41.9 Å². The Morgan fingerprint density at radius 2 is 1.73 bits per heavy atom. The smallest absolute Gasteiger partial charge is 0.310 e. The lowest BCUT2D eigenvalue weighted by Gasteiger charge is -2.14. The molecular formula is C16H18ClNO3S. The maximum Gasteiger partial charge on any atom is 0.310 e. The highest BCUT2D eigenvalue weighted by molar-refractivity contribution is 7.87. The van der Waals surface area contributed by atoms with Crippen molar-refractivity contribution in [2.45, 2.75) is 13.0 Å². The van der Waals surface area contributed by atoms with E-state index in [0.717, 1.165) is 5.56 Å². The average Bonchev–Trinajstić information content (AvgIpc) is 2.48. The summed E-state index contributed by atoms with van der Waals surface area (Å²) >= 11 is 5.84. The van der Waals surface area contributed by atoms with Crippen LogP contribution in [0.15, 0.2) is 54.6 Å². The lowest BCUT2D eigenvalue weighted by atomic mass is 10.1. The summed E-state index contributed by atoms with van der Waals surface area (Å²) in [7, 11) is -3.60. The van der Waals surface area contributed by atoms with Gasteiger partial charge in [0.1, 0.15) is 5.75 Å². The second kappa shape index (κ2) is 7.63. The van der Waals surface area contributed by atoms with E-state index in [1.54, 1.807) is 30.3 Å². The fraction of sp³-hybridized carbons (Fsp3) is 0.250. The molecule has 0 aliphatic rings. The van der Waals surface area contributed by atoms with Gasteiger partial charge >= 0.3 is 10.1 Å². The first-order chi connectivity index (χ1) is 10.5. The van der Waals surface area contributed by atoms with Gasteiger partial charge < -0.3 is 9.50 Å². The van der Waals surface area contributed by atoms with E-state index < -0.39 is 10.1 Å². The molecule has 1 N–H and O–H groups in total. The summed E-state index contributed by atoms with van der Waals surface area (Å²) in [6, 6.07) is 16.0. The molecule has 22 heavy (non-hydrogen) atoms. The highest BCUT2D eigenvalue weighted by Gasteiger charge is 2.13. The number of rotatable bonds is 7. The maximum atomic E-state index is 11.9.